The van der Waals surface area contributed by atoms with E-state index in [2.05, 4.69) is 5.32 Å². The summed E-state index contributed by atoms with van der Waals surface area (Å²) >= 11 is 0. The summed E-state index contributed by atoms with van der Waals surface area (Å²) in [6, 6.07) is 3.32. The predicted molar refractivity (Wildman–Crippen MR) is 73.5 cm³/mol. The third-order valence-corrected chi connectivity index (χ3v) is 3.78. The van der Waals surface area contributed by atoms with E-state index in [1.54, 1.807) is 17.0 Å². The summed E-state index contributed by atoms with van der Waals surface area (Å²) in [5.74, 6) is 0.387. The molecule has 1 fully saturated rings. The summed E-state index contributed by atoms with van der Waals surface area (Å²) in [6.07, 6.45) is 1.51. The maximum Gasteiger partial charge on any atom is 0.289 e. The largest absolute Gasteiger partial charge is 0.459 e. The molecule has 0 radical (unpaired) electrons. The molecular formula is C14H22N3O3+. The molecule has 0 aromatic carbocycles. The Balaban J connectivity index is 1.86. The van der Waals surface area contributed by atoms with E-state index in [9.17, 15) is 9.59 Å². The molecule has 2 N–H and O–H groups in total. The zero-order chi connectivity index (χ0) is 14.5. The van der Waals surface area contributed by atoms with Crippen molar-refractivity contribution in [2.75, 3.05) is 32.7 Å². The Morgan fingerprint density at radius 1 is 1.45 bits per heavy atom. The van der Waals surface area contributed by atoms with Crippen LogP contribution in [0.2, 0.25) is 0 Å². The van der Waals surface area contributed by atoms with Crippen LogP contribution in [0, 0.1) is 0 Å². The van der Waals surface area contributed by atoms with Gasteiger partial charge in [-0.15, -0.1) is 0 Å². The van der Waals surface area contributed by atoms with E-state index in [0.29, 0.717) is 25.4 Å². The summed E-state index contributed by atoms with van der Waals surface area (Å²) in [4.78, 5) is 26.9. The Labute approximate surface area is 118 Å². The van der Waals surface area contributed by atoms with E-state index in [-0.39, 0.29) is 17.9 Å². The average molecular weight is 280 g/mol. The van der Waals surface area contributed by atoms with Crippen molar-refractivity contribution in [1.82, 2.24) is 10.2 Å². The van der Waals surface area contributed by atoms with Gasteiger partial charge in [-0.2, -0.15) is 0 Å². The van der Waals surface area contributed by atoms with Crippen LogP contribution in [0.3, 0.4) is 0 Å². The first-order valence-corrected chi connectivity index (χ1v) is 7.08. The van der Waals surface area contributed by atoms with Gasteiger partial charge in [0.2, 0.25) is 0 Å². The first-order chi connectivity index (χ1) is 9.63. The molecule has 1 saturated heterocycles. The van der Waals surface area contributed by atoms with E-state index >= 15 is 0 Å². The minimum Gasteiger partial charge on any atom is -0.459 e. The molecule has 2 rings (SSSR count). The second kappa shape index (κ2) is 6.56. The van der Waals surface area contributed by atoms with E-state index in [1.165, 1.54) is 11.2 Å². The van der Waals surface area contributed by atoms with Crippen LogP contribution in [0.1, 0.15) is 24.4 Å². The van der Waals surface area contributed by atoms with Crippen LogP contribution < -0.4 is 10.2 Å². The van der Waals surface area contributed by atoms with Crippen molar-refractivity contribution in [3.05, 3.63) is 24.2 Å². The number of quaternary nitrogens is 1. The summed E-state index contributed by atoms with van der Waals surface area (Å²) < 4.78 is 5.13. The van der Waals surface area contributed by atoms with E-state index in [4.69, 9.17) is 4.42 Å². The Hall–Kier alpha value is -1.82. The van der Waals surface area contributed by atoms with Crippen LogP contribution in [0.5, 0.6) is 0 Å². The summed E-state index contributed by atoms with van der Waals surface area (Å²) in [6.45, 7) is 7.37. The molecule has 2 heterocycles. The van der Waals surface area contributed by atoms with Crippen molar-refractivity contribution in [2.45, 2.75) is 19.9 Å². The number of hydrogen-bond acceptors (Lipinski definition) is 3. The van der Waals surface area contributed by atoms with E-state index < -0.39 is 0 Å². The fourth-order valence-electron chi connectivity index (χ4n) is 2.50. The quantitative estimate of drug-likeness (QED) is 0.754. The smallest absolute Gasteiger partial charge is 0.289 e. The van der Waals surface area contributed by atoms with Crippen molar-refractivity contribution < 1.29 is 18.9 Å². The van der Waals surface area contributed by atoms with Gasteiger partial charge in [-0.25, -0.2) is 0 Å². The SMILES string of the molecule is CCNC(=O)[C@@H](C)[NH+]1CCN(C(=O)c2ccco2)CC1. The molecule has 20 heavy (non-hydrogen) atoms. The van der Waals surface area contributed by atoms with Crippen molar-refractivity contribution in [3.63, 3.8) is 0 Å². The number of rotatable bonds is 4. The highest BCUT2D eigenvalue weighted by molar-refractivity contribution is 5.91. The molecule has 1 aromatic heterocycles. The first kappa shape index (κ1) is 14.6. The zero-order valence-electron chi connectivity index (χ0n) is 12.0. The normalized spacial score (nSPS) is 17.8. The third-order valence-electron chi connectivity index (χ3n) is 3.78. The van der Waals surface area contributed by atoms with Crippen LogP contribution in [0.4, 0.5) is 0 Å². The molecule has 0 spiro atoms. The Kier molecular flexibility index (Phi) is 4.79. The number of carbonyl (C=O) groups excluding carboxylic acids is 2. The van der Waals surface area contributed by atoms with Crippen LogP contribution >= 0.6 is 0 Å². The van der Waals surface area contributed by atoms with Crippen LogP contribution in [-0.4, -0.2) is 55.5 Å². The van der Waals surface area contributed by atoms with Gasteiger partial charge in [-0.1, -0.05) is 0 Å². The fraction of sp³-hybridized carbons (Fsp3) is 0.571. The van der Waals surface area contributed by atoms with Gasteiger partial charge in [-0.05, 0) is 26.0 Å². The van der Waals surface area contributed by atoms with Gasteiger partial charge in [-0.3, -0.25) is 9.59 Å². The van der Waals surface area contributed by atoms with Gasteiger partial charge in [0.15, 0.2) is 11.8 Å². The molecule has 110 valence electrons. The maximum atomic E-state index is 12.1. The van der Waals surface area contributed by atoms with Crippen LogP contribution in [-0.2, 0) is 4.79 Å². The number of nitrogens with one attached hydrogen (secondary N) is 2. The molecule has 1 aliphatic rings. The highest BCUT2D eigenvalue weighted by atomic mass is 16.3. The number of amides is 2. The first-order valence-electron chi connectivity index (χ1n) is 7.08. The molecule has 0 bridgehead atoms. The predicted octanol–water partition coefficient (Wildman–Crippen LogP) is -0.855. The molecule has 6 heteroatoms. The minimum atomic E-state index is -0.0733. The van der Waals surface area contributed by atoms with Gasteiger partial charge >= 0.3 is 0 Å². The Morgan fingerprint density at radius 3 is 2.70 bits per heavy atom. The fourth-order valence-corrected chi connectivity index (χ4v) is 2.50. The van der Waals surface area contributed by atoms with Gasteiger partial charge in [0.25, 0.3) is 11.8 Å². The third kappa shape index (κ3) is 3.19. The topological polar surface area (TPSA) is 67.0 Å². The molecule has 2 amide bonds. The number of nitrogens with zero attached hydrogens (tertiary/aromatic N) is 1. The standard InChI is InChI=1S/C14H21N3O3/c1-3-15-13(18)11(2)16-6-8-17(9-7-16)14(19)12-5-4-10-20-12/h4-5,10-11H,3,6-9H2,1-2H3,(H,15,18)/p+1/t11-/m1/s1. The van der Waals surface area contributed by atoms with Gasteiger partial charge in [0, 0.05) is 6.54 Å². The average Bonchev–Trinajstić information content (AvgIpc) is 3.00. The number of hydrogen-bond donors (Lipinski definition) is 2. The molecule has 6 nitrogen and oxygen atoms in total. The molecular weight excluding hydrogens is 258 g/mol. The highest BCUT2D eigenvalue weighted by Crippen LogP contribution is 2.05. The molecule has 1 aromatic rings. The lowest BCUT2D eigenvalue weighted by molar-refractivity contribution is -0.917. The Morgan fingerprint density at radius 2 is 2.15 bits per heavy atom. The van der Waals surface area contributed by atoms with Gasteiger partial charge < -0.3 is 19.5 Å². The molecule has 1 aliphatic heterocycles. The lowest BCUT2D eigenvalue weighted by atomic mass is 10.2. The monoisotopic (exact) mass is 280 g/mol. The number of furan rings is 1. The molecule has 0 unspecified atom stereocenters. The van der Waals surface area contributed by atoms with Gasteiger partial charge in [0.05, 0.1) is 32.4 Å². The molecule has 0 aliphatic carbocycles. The van der Waals surface area contributed by atoms with Crippen molar-refractivity contribution in [2.24, 2.45) is 0 Å². The molecule has 1 atom stereocenters. The molecule has 0 saturated carbocycles. The summed E-state index contributed by atoms with van der Waals surface area (Å²) in [7, 11) is 0. The highest BCUT2D eigenvalue weighted by Gasteiger charge is 2.31. The lowest BCUT2D eigenvalue weighted by Gasteiger charge is -2.34. The van der Waals surface area contributed by atoms with E-state index in [1.807, 2.05) is 13.8 Å². The maximum absolute atomic E-state index is 12.1. The number of piperazine rings is 1. The van der Waals surface area contributed by atoms with Crippen LogP contribution in [0.25, 0.3) is 0 Å². The number of carbonyl (C=O) groups is 2. The van der Waals surface area contributed by atoms with Gasteiger partial charge in [0.1, 0.15) is 0 Å². The second-order valence-electron chi connectivity index (χ2n) is 5.04. The second-order valence-corrected chi connectivity index (χ2v) is 5.04. The van der Waals surface area contributed by atoms with Crippen LogP contribution in [0.15, 0.2) is 22.8 Å². The minimum absolute atomic E-state index is 0.0697. The zero-order valence-corrected chi connectivity index (χ0v) is 12.0. The lowest BCUT2D eigenvalue weighted by Crippen LogP contribution is -3.19. The summed E-state index contributed by atoms with van der Waals surface area (Å²) in [5.41, 5.74) is 0. The van der Waals surface area contributed by atoms with Crippen molar-refractivity contribution in [3.8, 4) is 0 Å². The number of likely N-dealkylation sites (N-methyl/N-ethyl adjacent to an activating group) is 1. The van der Waals surface area contributed by atoms with E-state index in [0.717, 1.165) is 13.1 Å². The summed E-state index contributed by atoms with van der Waals surface area (Å²) in [5, 5.41) is 2.84. The van der Waals surface area contributed by atoms with Crippen molar-refractivity contribution >= 4 is 11.8 Å². The van der Waals surface area contributed by atoms with Crippen molar-refractivity contribution in [1.29, 1.82) is 0 Å². The Bertz CT molecular complexity index is 450.